The molecule has 0 aromatic rings. The van der Waals surface area contributed by atoms with Gasteiger partial charge < -0.3 is 14.4 Å². The average Bonchev–Trinajstić information content (AvgIpc) is 2.72. The van der Waals surface area contributed by atoms with Crippen LogP contribution >= 0.6 is 11.6 Å². The standard InChI is InChI=1S/C13H22ClNO4/c1-13(2,3)19-12(17)15-8-4-5-10(15)6-7-11(16)18-9-14/h10H,4-9H2,1-3H3. The molecule has 0 saturated carbocycles. The Morgan fingerprint density at radius 3 is 2.63 bits per heavy atom. The summed E-state index contributed by atoms with van der Waals surface area (Å²) in [7, 11) is 0. The van der Waals surface area contributed by atoms with Crippen LogP contribution in [-0.4, -0.2) is 41.2 Å². The third kappa shape index (κ3) is 5.68. The molecule has 0 spiro atoms. The Morgan fingerprint density at radius 2 is 2.05 bits per heavy atom. The fourth-order valence-corrected chi connectivity index (χ4v) is 2.24. The predicted molar refractivity (Wildman–Crippen MR) is 72.0 cm³/mol. The number of carbonyl (C=O) groups is 2. The van der Waals surface area contributed by atoms with E-state index in [4.69, 9.17) is 16.3 Å². The lowest BCUT2D eigenvalue weighted by molar-refractivity contribution is -0.142. The molecule has 0 aromatic carbocycles. The lowest BCUT2D eigenvalue weighted by Gasteiger charge is -2.28. The van der Waals surface area contributed by atoms with Crippen LogP contribution in [0.1, 0.15) is 46.5 Å². The van der Waals surface area contributed by atoms with Crippen molar-refractivity contribution in [1.82, 2.24) is 4.90 Å². The van der Waals surface area contributed by atoms with Crippen LogP contribution in [0.3, 0.4) is 0 Å². The number of carbonyl (C=O) groups excluding carboxylic acids is 2. The molecule has 1 unspecified atom stereocenters. The number of rotatable bonds is 4. The Kier molecular flexibility index (Phi) is 5.91. The maximum atomic E-state index is 12.0. The minimum Gasteiger partial charge on any atom is -0.449 e. The van der Waals surface area contributed by atoms with E-state index in [1.54, 1.807) is 4.90 Å². The third-order valence-electron chi connectivity index (χ3n) is 2.90. The summed E-state index contributed by atoms with van der Waals surface area (Å²) in [5.74, 6) is -0.328. The first-order chi connectivity index (χ1) is 8.83. The van der Waals surface area contributed by atoms with E-state index < -0.39 is 5.60 Å². The number of likely N-dealkylation sites (tertiary alicyclic amines) is 1. The van der Waals surface area contributed by atoms with E-state index in [9.17, 15) is 9.59 Å². The summed E-state index contributed by atoms with van der Waals surface area (Å²) in [4.78, 5) is 25.0. The Bertz CT molecular complexity index is 327. The molecule has 1 rings (SSSR count). The molecule has 0 radical (unpaired) electrons. The highest BCUT2D eigenvalue weighted by Gasteiger charge is 2.32. The normalized spacial score (nSPS) is 19.4. The zero-order chi connectivity index (χ0) is 14.5. The maximum absolute atomic E-state index is 12.0. The molecule has 1 aliphatic heterocycles. The molecule has 1 amide bonds. The zero-order valence-electron chi connectivity index (χ0n) is 11.8. The summed E-state index contributed by atoms with van der Waals surface area (Å²) < 4.78 is 10.0. The highest BCUT2D eigenvalue weighted by Crippen LogP contribution is 2.24. The van der Waals surface area contributed by atoms with Gasteiger partial charge in [0.2, 0.25) is 0 Å². The van der Waals surface area contributed by atoms with Gasteiger partial charge in [-0.25, -0.2) is 4.79 Å². The topological polar surface area (TPSA) is 55.8 Å². The number of esters is 1. The first-order valence-electron chi connectivity index (χ1n) is 6.54. The van der Waals surface area contributed by atoms with Gasteiger partial charge in [0.25, 0.3) is 0 Å². The van der Waals surface area contributed by atoms with E-state index in [0.29, 0.717) is 13.0 Å². The molecule has 5 nitrogen and oxygen atoms in total. The highest BCUT2D eigenvalue weighted by atomic mass is 35.5. The van der Waals surface area contributed by atoms with Gasteiger partial charge in [0, 0.05) is 19.0 Å². The van der Waals surface area contributed by atoms with E-state index in [0.717, 1.165) is 12.8 Å². The van der Waals surface area contributed by atoms with Crippen LogP contribution in [0.5, 0.6) is 0 Å². The number of hydrogen-bond donors (Lipinski definition) is 0. The van der Waals surface area contributed by atoms with Gasteiger partial charge in [0.05, 0.1) is 0 Å². The van der Waals surface area contributed by atoms with Crippen LogP contribution in [-0.2, 0) is 14.3 Å². The fraction of sp³-hybridized carbons (Fsp3) is 0.846. The molecule has 1 aliphatic rings. The summed E-state index contributed by atoms with van der Waals surface area (Å²) >= 11 is 5.32. The van der Waals surface area contributed by atoms with Crippen molar-refractivity contribution in [2.24, 2.45) is 0 Å². The van der Waals surface area contributed by atoms with Crippen molar-refractivity contribution in [2.45, 2.75) is 58.1 Å². The van der Waals surface area contributed by atoms with Crippen LogP contribution in [0.15, 0.2) is 0 Å². The smallest absolute Gasteiger partial charge is 0.410 e. The molecule has 1 saturated heterocycles. The second-order valence-corrected chi connectivity index (χ2v) is 5.85. The van der Waals surface area contributed by atoms with Gasteiger partial charge >= 0.3 is 12.1 Å². The molecule has 110 valence electrons. The molecular weight excluding hydrogens is 270 g/mol. The number of alkyl halides is 1. The second-order valence-electron chi connectivity index (χ2n) is 5.63. The predicted octanol–water partition coefficient (Wildman–Crippen LogP) is 2.91. The Balaban J connectivity index is 2.45. The van der Waals surface area contributed by atoms with Gasteiger partial charge in [-0.15, -0.1) is 0 Å². The van der Waals surface area contributed by atoms with Crippen molar-refractivity contribution in [2.75, 3.05) is 12.6 Å². The van der Waals surface area contributed by atoms with Crippen molar-refractivity contribution in [3.05, 3.63) is 0 Å². The quantitative estimate of drug-likeness (QED) is 0.590. The number of ether oxygens (including phenoxy) is 2. The van der Waals surface area contributed by atoms with Gasteiger partial charge in [0.15, 0.2) is 6.07 Å². The van der Waals surface area contributed by atoms with Crippen molar-refractivity contribution in [3.8, 4) is 0 Å². The molecule has 19 heavy (non-hydrogen) atoms. The second kappa shape index (κ2) is 6.98. The number of halogens is 1. The molecule has 1 fully saturated rings. The Hall–Kier alpha value is -0.970. The first kappa shape index (κ1) is 16.1. The molecule has 6 heteroatoms. The molecule has 0 aliphatic carbocycles. The lowest BCUT2D eigenvalue weighted by atomic mass is 10.1. The molecule has 0 N–H and O–H groups in total. The van der Waals surface area contributed by atoms with Crippen LogP contribution < -0.4 is 0 Å². The lowest BCUT2D eigenvalue weighted by Crippen LogP contribution is -2.40. The largest absolute Gasteiger partial charge is 0.449 e. The Labute approximate surface area is 119 Å². The first-order valence-corrected chi connectivity index (χ1v) is 7.08. The summed E-state index contributed by atoms with van der Waals surface area (Å²) in [5, 5.41) is 0. The van der Waals surface area contributed by atoms with E-state index >= 15 is 0 Å². The van der Waals surface area contributed by atoms with Crippen molar-refractivity contribution in [1.29, 1.82) is 0 Å². The minimum absolute atomic E-state index is 0.0534. The summed E-state index contributed by atoms with van der Waals surface area (Å²) in [6, 6.07) is -0.0723. The molecule has 0 bridgehead atoms. The van der Waals surface area contributed by atoms with E-state index in [1.807, 2.05) is 20.8 Å². The van der Waals surface area contributed by atoms with Crippen LogP contribution in [0, 0.1) is 0 Å². The number of nitrogens with zero attached hydrogens (tertiary/aromatic N) is 1. The van der Waals surface area contributed by atoms with Gasteiger partial charge in [-0.2, -0.15) is 0 Å². The van der Waals surface area contributed by atoms with Gasteiger partial charge in [-0.3, -0.25) is 4.79 Å². The summed E-state index contributed by atoms with van der Waals surface area (Å²) in [6.07, 6.45) is 2.40. The molecule has 0 aromatic heterocycles. The zero-order valence-corrected chi connectivity index (χ0v) is 12.5. The van der Waals surface area contributed by atoms with E-state index in [1.165, 1.54) is 0 Å². The van der Waals surface area contributed by atoms with Crippen LogP contribution in [0.25, 0.3) is 0 Å². The van der Waals surface area contributed by atoms with Crippen LogP contribution in [0.4, 0.5) is 4.79 Å². The van der Waals surface area contributed by atoms with Crippen molar-refractivity contribution in [3.63, 3.8) is 0 Å². The van der Waals surface area contributed by atoms with E-state index in [-0.39, 0.29) is 30.6 Å². The van der Waals surface area contributed by atoms with Gasteiger partial charge in [0.1, 0.15) is 5.60 Å². The summed E-state index contributed by atoms with van der Waals surface area (Å²) in [5.41, 5.74) is -0.498. The molecule has 1 atom stereocenters. The number of hydrogen-bond acceptors (Lipinski definition) is 4. The minimum atomic E-state index is -0.498. The van der Waals surface area contributed by atoms with Gasteiger partial charge in [-0.1, -0.05) is 11.6 Å². The molecular formula is C13H22ClNO4. The van der Waals surface area contributed by atoms with Crippen molar-refractivity contribution >= 4 is 23.7 Å². The monoisotopic (exact) mass is 291 g/mol. The molecule has 1 heterocycles. The van der Waals surface area contributed by atoms with E-state index in [2.05, 4.69) is 4.74 Å². The maximum Gasteiger partial charge on any atom is 0.410 e. The highest BCUT2D eigenvalue weighted by molar-refractivity contribution is 6.17. The summed E-state index contributed by atoms with van der Waals surface area (Å²) in [6.45, 7) is 6.21. The van der Waals surface area contributed by atoms with Gasteiger partial charge in [-0.05, 0) is 40.0 Å². The van der Waals surface area contributed by atoms with Crippen molar-refractivity contribution < 1.29 is 19.1 Å². The SMILES string of the molecule is CC(C)(C)OC(=O)N1CCCC1CCC(=O)OCCl. The third-order valence-corrected chi connectivity index (χ3v) is 3.01. The average molecular weight is 292 g/mol. The van der Waals surface area contributed by atoms with Crippen LogP contribution in [0.2, 0.25) is 0 Å². The number of amides is 1. The Morgan fingerprint density at radius 1 is 1.37 bits per heavy atom. The fourth-order valence-electron chi connectivity index (χ4n) is 2.11.